The summed E-state index contributed by atoms with van der Waals surface area (Å²) in [5, 5.41) is 9.31. The summed E-state index contributed by atoms with van der Waals surface area (Å²) in [5.74, 6) is -0.910. The van der Waals surface area contributed by atoms with E-state index < -0.39 is 17.4 Å². The molecule has 1 aliphatic carbocycles. The highest BCUT2D eigenvalue weighted by Gasteiger charge is 2.52. The molecule has 0 heterocycles. The Morgan fingerprint density at radius 1 is 1.26 bits per heavy atom. The first-order chi connectivity index (χ1) is 8.92. The smallest absolute Gasteiger partial charge is 0.321 e. The number of hydrogen-bond acceptors (Lipinski definition) is 2. The molecule has 0 aliphatic heterocycles. The van der Waals surface area contributed by atoms with Crippen molar-refractivity contribution in [3.05, 3.63) is 35.9 Å². The maximum atomic E-state index is 11.4. The van der Waals surface area contributed by atoms with Gasteiger partial charge in [0.2, 0.25) is 0 Å². The fourth-order valence-electron chi connectivity index (χ4n) is 3.65. The monoisotopic (exact) mass is 261 g/mol. The lowest BCUT2D eigenvalue weighted by molar-refractivity contribution is -0.142. The number of benzene rings is 1. The van der Waals surface area contributed by atoms with Crippen LogP contribution in [0.15, 0.2) is 30.3 Å². The van der Waals surface area contributed by atoms with Crippen molar-refractivity contribution < 1.29 is 9.90 Å². The molecule has 1 saturated carbocycles. The zero-order valence-electron chi connectivity index (χ0n) is 11.7. The molecule has 3 nitrogen and oxygen atoms in total. The molecule has 0 radical (unpaired) electrons. The van der Waals surface area contributed by atoms with E-state index in [-0.39, 0.29) is 5.41 Å². The van der Waals surface area contributed by atoms with E-state index in [0.29, 0.717) is 0 Å². The summed E-state index contributed by atoms with van der Waals surface area (Å²) in [7, 11) is 0. The Kier molecular flexibility index (Phi) is 3.68. The molecule has 0 aromatic heterocycles. The van der Waals surface area contributed by atoms with Gasteiger partial charge in [-0.2, -0.15) is 0 Å². The lowest BCUT2D eigenvalue weighted by atomic mass is 9.57. The number of rotatable bonds is 4. The molecule has 0 spiro atoms. The van der Waals surface area contributed by atoms with Gasteiger partial charge < -0.3 is 10.8 Å². The van der Waals surface area contributed by atoms with Crippen molar-refractivity contribution in [2.24, 2.45) is 11.1 Å². The van der Waals surface area contributed by atoms with E-state index in [1.807, 2.05) is 32.0 Å². The normalized spacial score (nSPS) is 20.2. The first-order valence-electron chi connectivity index (χ1n) is 6.96. The summed E-state index contributed by atoms with van der Waals surface area (Å²) < 4.78 is 0. The van der Waals surface area contributed by atoms with Crippen molar-refractivity contribution in [3.8, 4) is 0 Å². The van der Waals surface area contributed by atoms with Crippen LogP contribution in [0.25, 0.3) is 0 Å². The van der Waals surface area contributed by atoms with E-state index in [9.17, 15) is 9.90 Å². The highest BCUT2D eigenvalue weighted by Crippen LogP contribution is 2.54. The van der Waals surface area contributed by atoms with E-state index in [2.05, 4.69) is 12.1 Å². The van der Waals surface area contributed by atoms with Gasteiger partial charge in [0.05, 0.1) is 0 Å². The Hall–Kier alpha value is -1.35. The van der Waals surface area contributed by atoms with Crippen LogP contribution in [0.3, 0.4) is 0 Å². The fourth-order valence-corrected chi connectivity index (χ4v) is 3.65. The first kappa shape index (κ1) is 14.1. The molecule has 0 amide bonds. The molecule has 104 valence electrons. The van der Waals surface area contributed by atoms with Gasteiger partial charge in [-0.15, -0.1) is 0 Å². The summed E-state index contributed by atoms with van der Waals surface area (Å²) >= 11 is 0. The number of carboxylic acid groups (broad SMARTS) is 1. The van der Waals surface area contributed by atoms with Gasteiger partial charge in [-0.05, 0) is 18.4 Å². The van der Waals surface area contributed by atoms with Crippen LogP contribution in [-0.4, -0.2) is 17.1 Å². The Labute approximate surface area is 114 Å². The van der Waals surface area contributed by atoms with Gasteiger partial charge in [0.15, 0.2) is 0 Å². The Morgan fingerprint density at radius 3 is 2.26 bits per heavy atom. The van der Waals surface area contributed by atoms with Crippen molar-refractivity contribution >= 4 is 5.97 Å². The Morgan fingerprint density at radius 2 is 1.79 bits per heavy atom. The topological polar surface area (TPSA) is 63.3 Å². The third-order valence-corrected chi connectivity index (χ3v) is 5.06. The van der Waals surface area contributed by atoms with Crippen LogP contribution in [-0.2, 0) is 10.2 Å². The molecular formula is C16H23NO2. The first-order valence-corrected chi connectivity index (χ1v) is 6.96. The lowest BCUT2D eigenvalue weighted by Crippen LogP contribution is -2.55. The second kappa shape index (κ2) is 4.97. The van der Waals surface area contributed by atoms with Gasteiger partial charge in [0, 0.05) is 10.8 Å². The summed E-state index contributed by atoms with van der Waals surface area (Å²) in [5.41, 5.74) is 6.65. The van der Waals surface area contributed by atoms with Gasteiger partial charge in [0.25, 0.3) is 0 Å². The average molecular weight is 261 g/mol. The zero-order chi connectivity index (χ0) is 14.1. The van der Waals surface area contributed by atoms with Crippen molar-refractivity contribution in [2.45, 2.75) is 51.0 Å². The molecule has 0 bridgehead atoms. The van der Waals surface area contributed by atoms with E-state index in [1.54, 1.807) is 0 Å². The molecule has 0 saturated heterocycles. The van der Waals surface area contributed by atoms with Crippen LogP contribution in [0, 0.1) is 5.41 Å². The second-order valence-electron chi connectivity index (χ2n) is 6.19. The minimum absolute atomic E-state index is 0.119. The van der Waals surface area contributed by atoms with Gasteiger partial charge in [0.1, 0.15) is 6.04 Å². The molecule has 3 N–H and O–H groups in total. The largest absolute Gasteiger partial charge is 0.480 e. The summed E-state index contributed by atoms with van der Waals surface area (Å²) in [6.45, 7) is 4.01. The number of carbonyl (C=O) groups is 1. The third kappa shape index (κ3) is 2.16. The third-order valence-electron chi connectivity index (χ3n) is 5.06. The predicted molar refractivity (Wildman–Crippen MR) is 76.0 cm³/mol. The van der Waals surface area contributed by atoms with Gasteiger partial charge >= 0.3 is 5.97 Å². The quantitative estimate of drug-likeness (QED) is 0.876. The van der Waals surface area contributed by atoms with Crippen molar-refractivity contribution in [3.63, 3.8) is 0 Å². The van der Waals surface area contributed by atoms with Crippen LogP contribution in [0.2, 0.25) is 0 Å². The summed E-state index contributed by atoms with van der Waals surface area (Å²) in [6, 6.07) is 9.43. The minimum atomic E-state index is -0.910. The Bertz CT molecular complexity index is 447. The molecule has 1 atom stereocenters. The molecule has 19 heavy (non-hydrogen) atoms. The molecule has 1 aromatic rings. The van der Waals surface area contributed by atoms with E-state index in [0.717, 1.165) is 25.7 Å². The summed E-state index contributed by atoms with van der Waals surface area (Å²) in [6.07, 6.45) is 4.32. The summed E-state index contributed by atoms with van der Waals surface area (Å²) in [4.78, 5) is 11.4. The standard InChI is InChI=1S/C16H23NO2/c1-15(2,13(17)14(18)19)16(10-6-7-11-16)12-8-4-3-5-9-12/h3-5,8-9,13H,6-7,10-11,17H2,1-2H3,(H,18,19). The average Bonchev–Trinajstić information content (AvgIpc) is 2.89. The predicted octanol–water partition coefficient (Wildman–Crippen LogP) is 2.94. The SMILES string of the molecule is CC(C)(C(N)C(=O)O)C1(c2ccccc2)CCCC1. The van der Waals surface area contributed by atoms with Crippen molar-refractivity contribution in [1.29, 1.82) is 0 Å². The second-order valence-corrected chi connectivity index (χ2v) is 6.19. The van der Waals surface area contributed by atoms with Crippen molar-refractivity contribution in [1.82, 2.24) is 0 Å². The minimum Gasteiger partial charge on any atom is -0.480 e. The molecule has 1 fully saturated rings. The molecule has 1 aliphatic rings. The number of nitrogens with two attached hydrogens (primary N) is 1. The number of hydrogen-bond donors (Lipinski definition) is 2. The van der Waals surface area contributed by atoms with E-state index in [1.165, 1.54) is 5.56 Å². The number of aliphatic carboxylic acids is 1. The molecule has 2 rings (SSSR count). The van der Waals surface area contributed by atoms with Gasteiger partial charge in [-0.25, -0.2) is 0 Å². The molecule has 1 unspecified atom stereocenters. The van der Waals surface area contributed by atoms with E-state index in [4.69, 9.17) is 5.73 Å². The maximum Gasteiger partial charge on any atom is 0.321 e. The molecule has 3 heteroatoms. The van der Waals surface area contributed by atoms with Crippen LogP contribution < -0.4 is 5.73 Å². The lowest BCUT2D eigenvalue weighted by Gasteiger charge is -2.47. The van der Waals surface area contributed by atoms with Crippen molar-refractivity contribution in [2.75, 3.05) is 0 Å². The highest BCUT2D eigenvalue weighted by molar-refractivity contribution is 5.74. The van der Waals surface area contributed by atoms with E-state index >= 15 is 0 Å². The van der Waals surface area contributed by atoms with Crippen LogP contribution in [0.1, 0.15) is 45.1 Å². The maximum absolute atomic E-state index is 11.4. The molecular weight excluding hydrogens is 238 g/mol. The van der Waals surface area contributed by atoms with Crippen LogP contribution in [0.4, 0.5) is 0 Å². The number of carboxylic acids is 1. The zero-order valence-corrected chi connectivity index (χ0v) is 11.7. The van der Waals surface area contributed by atoms with Gasteiger partial charge in [-0.3, -0.25) is 4.79 Å². The molecule has 1 aromatic carbocycles. The fraction of sp³-hybridized carbons (Fsp3) is 0.562. The Balaban J connectivity index is 2.48. The highest BCUT2D eigenvalue weighted by atomic mass is 16.4. The van der Waals surface area contributed by atoms with Crippen LogP contribution in [0.5, 0.6) is 0 Å². The van der Waals surface area contributed by atoms with Crippen LogP contribution >= 0.6 is 0 Å². The van der Waals surface area contributed by atoms with Gasteiger partial charge in [-0.1, -0.05) is 57.0 Å².